The molecule has 0 bridgehead atoms. The Hall–Kier alpha value is -0.550. The lowest BCUT2D eigenvalue weighted by Gasteiger charge is -2.32. The van der Waals surface area contributed by atoms with Gasteiger partial charge < -0.3 is 5.73 Å². The molecule has 0 aromatic carbocycles. The van der Waals surface area contributed by atoms with E-state index in [1.54, 1.807) is 11.8 Å². The summed E-state index contributed by atoms with van der Waals surface area (Å²) < 4.78 is 0. The molecule has 1 fully saturated rings. The van der Waals surface area contributed by atoms with Crippen molar-refractivity contribution in [2.75, 3.05) is 0 Å². The summed E-state index contributed by atoms with van der Waals surface area (Å²) in [5.74, 6) is 1.72. The molecule has 2 rings (SSSR count). The van der Waals surface area contributed by atoms with Crippen molar-refractivity contribution in [3.05, 3.63) is 5.82 Å². The number of hydrogen-bond donors (Lipinski definition) is 2. The maximum atomic E-state index is 6.21. The van der Waals surface area contributed by atoms with E-state index < -0.39 is 0 Å². The summed E-state index contributed by atoms with van der Waals surface area (Å²) in [4.78, 5) is 4.35. The zero-order valence-corrected chi connectivity index (χ0v) is 11.5. The van der Waals surface area contributed by atoms with Crippen molar-refractivity contribution in [2.45, 2.75) is 62.4 Å². The third-order valence-electron chi connectivity index (χ3n) is 3.48. The fourth-order valence-electron chi connectivity index (χ4n) is 2.55. The Labute approximate surface area is 107 Å². The first-order chi connectivity index (χ1) is 8.19. The Kier molecular flexibility index (Phi) is 4.45. The van der Waals surface area contributed by atoms with Gasteiger partial charge in [0, 0.05) is 11.3 Å². The van der Waals surface area contributed by atoms with Crippen LogP contribution in [0.4, 0.5) is 0 Å². The van der Waals surface area contributed by atoms with E-state index in [1.807, 2.05) is 6.92 Å². The molecule has 1 heterocycles. The first kappa shape index (κ1) is 12.9. The Morgan fingerprint density at radius 3 is 2.94 bits per heavy atom. The fourth-order valence-corrected chi connectivity index (χ4v) is 3.79. The van der Waals surface area contributed by atoms with Crippen molar-refractivity contribution in [3.63, 3.8) is 0 Å². The number of hydrogen-bond acceptors (Lipinski definition) is 4. The summed E-state index contributed by atoms with van der Waals surface area (Å²) in [6.45, 7) is 4.19. The summed E-state index contributed by atoms with van der Waals surface area (Å²) in [6, 6.07) is 0.298. The van der Waals surface area contributed by atoms with E-state index in [-0.39, 0.29) is 0 Å². The van der Waals surface area contributed by atoms with E-state index in [9.17, 15) is 0 Å². The second-order valence-electron chi connectivity index (χ2n) is 4.99. The SMILES string of the molecule is CCCC1CCC(N)C(Sc2n[nH]c(C)n2)C1. The molecule has 96 valence electrons. The molecule has 17 heavy (non-hydrogen) atoms. The maximum absolute atomic E-state index is 6.21. The maximum Gasteiger partial charge on any atom is 0.208 e. The third kappa shape index (κ3) is 3.45. The number of aromatic nitrogens is 3. The minimum absolute atomic E-state index is 0.298. The number of aromatic amines is 1. The number of H-pyrrole nitrogens is 1. The van der Waals surface area contributed by atoms with Crippen LogP contribution in [0.5, 0.6) is 0 Å². The van der Waals surface area contributed by atoms with Gasteiger partial charge in [-0.2, -0.15) is 0 Å². The molecule has 0 aliphatic heterocycles. The number of nitrogens with one attached hydrogen (secondary N) is 1. The smallest absolute Gasteiger partial charge is 0.208 e. The highest BCUT2D eigenvalue weighted by molar-refractivity contribution is 7.99. The number of thioether (sulfide) groups is 1. The largest absolute Gasteiger partial charge is 0.327 e. The predicted octanol–water partition coefficient (Wildman–Crippen LogP) is 2.50. The van der Waals surface area contributed by atoms with Crippen LogP contribution in [0.1, 0.15) is 44.9 Å². The summed E-state index contributed by atoms with van der Waals surface area (Å²) in [6.07, 6.45) is 6.26. The van der Waals surface area contributed by atoms with Gasteiger partial charge in [0.2, 0.25) is 5.16 Å². The Balaban J connectivity index is 1.93. The lowest BCUT2D eigenvalue weighted by molar-refractivity contribution is 0.316. The van der Waals surface area contributed by atoms with Gasteiger partial charge in [-0.25, -0.2) is 4.98 Å². The third-order valence-corrected chi connectivity index (χ3v) is 4.72. The van der Waals surface area contributed by atoms with Crippen LogP contribution in [0.3, 0.4) is 0 Å². The van der Waals surface area contributed by atoms with Gasteiger partial charge >= 0.3 is 0 Å². The van der Waals surface area contributed by atoms with E-state index in [4.69, 9.17) is 5.73 Å². The molecule has 0 radical (unpaired) electrons. The summed E-state index contributed by atoms with van der Waals surface area (Å²) >= 11 is 1.74. The number of rotatable bonds is 4. The molecule has 0 spiro atoms. The van der Waals surface area contributed by atoms with E-state index >= 15 is 0 Å². The summed E-state index contributed by atoms with van der Waals surface area (Å²) in [5.41, 5.74) is 6.21. The normalized spacial score (nSPS) is 29.5. The summed E-state index contributed by atoms with van der Waals surface area (Å²) in [7, 11) is 0. The zero-order valence-electron chi connectivity index (χ0n) is 10.6. The van der Waals surface area contributed by atoms with Crippen LogP contribution < -0.4 is 5.73 Å². The molecule has 1 saturated carbocycles. The van der Waals surface area contributed by atoms with E-state index in [0.717, 1.165) is 23.3 Å². The standard InChI is InChI=1S/C12H22N4S/c1-3-4-9-5-6-10(13)11(7-9)17-12-14-8(2)15-16-12/h9-11H,3-7,13H2,1-2H3,(H,14,15,16). The van der Waals surface area contributed by atoms with Crippen molar-refractivity contribution in [2.24, 2.45) is 11.7 Å². The van der Waals surface area contributed by atoms with Gasteiger partial charge in [0.25, 0.3) is 0 Å². The van der Waals surface area contributed by atoms with Crippen LogP contribution >= 0.6 is 11.8 Å². The number of nitrogens with two attached hydrogens (primary N) is 1. The van der Waals surface area contributed by atoms with E-state index in [0.29, 0.717) is 11.3 Å². The molecule has 5 heteroatoms. The van der Waals surface area contributed by atoms with Crippen molar-refractivity contribution in [3.8, 4) is 0 Å². The van der Waals surface area contributed by atoms with Crippen molar-refractivity contribution in [1.82, 2.24) is 15.2 Å². The first-order valence-electron chi connectivity index (χ1n) is 6.50. The van der Waals surface area contributed by atoms with Crippen LogP contribution in [0.2, 0.25) is 0 Å². The van der Waals surface area contributed by atoms with E-state index in [1.165, 1.54) is 25.7 Å². The average Bonchev–Trinajstić information content (AvgIpc) is 2.69. The van der Waals surface area contributed by atoms with Crippen LogP contribution in [0.15, 0.2) is 5.16 Å². The zero-order chi connectivity index (χ0) is 12.3. The molecule has 3 N–H and O–H groups in total. The van der Waals surface area contributed by atoms with Crippen molar-refractivity contribution >= 4 is 11.8 Å². The quantitative estimate of drug-likeness (QED) is 0.866. The van der Waals surface area contributed by atoms with Gasteiger partial charge in [0.1, 0.15) is 5.82 Å². The predicted molar refractivity (Wildman–Crippen MR) is 71.0 cm³/mol. The van der Waals surface area contributed by atoms with Gasteiger partial charge in [-0.3, -0.25) is 5.10 Å². The minimum atomic E-state index is 0.298. The van der Waals surface area contributed by atoms with Gasteiger partial charge in [-0.15, -0.1) is 5.10 Å². The highest BCUT2D eigenvalue weighted by atomic mass is 32.2. The van der Waals surface area contributed by atoms with Gasteiger partial charge in [-0.1, -0.05) is 31.5 Å². The second kappa shape index (κ2) is 5.87. The molecule has 1 aromatic heterocycles. The lowest BCUT2D eigenvalue weighted by atomic mass is 9.83. The minimum Gasteiger partial charge on any atom is -0.327 e. The topological polar surface area (TPSA) is 67.6 Å². The fraction of sp³-hybridized carbons (Fsp3) is 0.833. The van der Waals surface area contributed by atoms with Crippen LogP contribution in [-0.4, -0.2) is 26.5 Å². The molecule has 3 atom stereocenters. The second-order valence-corrected chi connectivity index (χ2v) is 6.20. The molecular weight excluding hydrogens is 232 g/mol. The number of nitrogens with zero attached hydrogens (tertiary/aromatic N) is 2. The van der Waals surface area contributed by atoms with Gasteiger partial charge in [0.05, 0.1) is 0 Å². The Bertz CT molecular complexity index is 352. The monoisotopic (exact) mass is 254 g/mol. The van der Waals surface area contributed by atoms with Crippen LogP contribution in [0, 0.1) is 12.8 Å². The first-order valence-corrected chi connectivity index (χ1v) is 7.38. The molecule has 0 amide bonds. The highest BCUT2D eigenvalue weighted by Crippen LogP contribution is 2.36. The van der Waals surface area contributed by atoms with Crippen LogP contribution in [-0.2, 0) is 0 Å². The molecule has 4 nitrogen and oxygen atoms in total. The summed E-state index contributed by atoms with van der Waals surface area (Å²) in [5, 5.41) is 8.40. The van der Waals surface area contributed by atoms with E-state index in [2.05, 4.69) is 22.1 Å². The molecule has 0 saturated heterocycles. The molecule has 3 unspecified atom stereocenters. The number of aryl methyl sites for hydroxylation is 1. The van der Waals surface area contributed by atoms with Gasteiger partial charge in [0.15, 0.2) is 0 Å². The van der Waals surface area contributed by atoms with Crippen LogP contribution in [0.25, 0.3) is 0 Å². The molecule has 1 aliphatic carbocycles. The molecular formula is C12H22N4S. The molecule has 1 aliphatic rings. The van der Waals surface area contributed by atoms with Crippen molar-refractivity contribution < 1.29 is 0 Å². The average molecular weight is 254 g/mol. The van der Waals surface area contributed by atoms with Gasteiger partial charge in [-0.05, 0) is 32.1 Å². The Morgan fingerprint density at radius 1 is 1.47 bits per heavy atom. The molecule has 1 aromatic rings. The lowest BCUT2D eigenvalue weighted by Crippen LogP contribution is -2.38. The van der Waals surface area contributed by atoms with Crippen molar-refractivity contribution in [1.29, 1.82) is 0 Å². The Morgan fingerprint density at radius 2 is 2.29 bits per heavy atom. The highest BCUT2D eigenvalue weighted by Gasteiger charge is 2.29.